The minimum atomic E-state index is 0.770. The summed E-state index contributed by atoms with van der Waals surface area (Å²) in [4.78, 5) is 4.20. The van der Waals surface area contributed by atoms with Gasteiger partial charge in [-0.1, -0.05) is 0 Å². The third-order valence-corrected chi connectivity index (χ3v) is 2.71. The fraction of sp³-hybridized carbons (Fsp3) is 0.385. The molecule has 0 unspecified atom stereocenters. The number of hydrogen-bond acceptors (Lipinski definition) is 4. The van der Waals surface area contributed by atoms with E-state index in [0.717, 1.165) is 30.1 Å². The average molecular weight is 246 g/mol. The molecule has 2 rings (SSSR count). The normalized spacial score (nSPS) is 10.4. The van der Waals surface area contributed by atoms with E-state index < -0.39 is 0 Å². The van der Waals surface area contributed by atoms with Crippen LogP contribution in [0.1, 0.15) is 11.3 Å². The molecule has 1 N–H and O–H groups in total. The summed E-state index contributed by atoms with van der Waals surface area (Å²) < 4.78 is 7.08. The first-order valence-electron chi connectivity index (χ1n) is 5.91. The summed E-state index contributed by atoms with van der Waals surface area (Å²) in [6, 6.07) is 1.99. The zero-order chi connectivity index (χ0) is 13.0. The Kier molecular flexibility index (Phi) is 3.82. The predicted octanol–water partition coefficient (Wildman–Crippen LogP) is 1.79. The number of aryl methyl sites for hydroxylation is 2. The molecule has 2 aromatic rings. The van der Waals surface area contributed by atoms with Crippen LogP contribution in [0.5, 0.6) is 5.75 Å². The minimum Gasteiger partial charge on any atom is -0.493 e. The predicted molar refractivity (Wildman–Crippen MR) is 70.9 cm³/mol. The summed E-state index contributed by atoms with van der Waals surface area (Å²) >= 11 is 0. The van der Waals surface area contributed by atoms with Crippen molar-refractivity contribution in [3.05, 3.63) is 35.9 Å². The van der Waals surface area contributed by atoms with E-state index in [9.17, 15) is 0 Å². The van der Waals surface area contributed by atoms with E-state index in [-0.39, 0.29) is 0 Å². The van der Waals surface area contributed by atoms with Crippen molar-refractivity contribution in [2.75, 3.05) is 19.0 Å². The molecule has 5 nitrogen and oxygen atoms in total. The summed E-state index contributed by atoms with van der Waals surface area (Å²) in [5.41, 5.74) is 3.17. The molecule has 0 aromatic carbocycles. The molecule has 0 saturated carbocycles. The lowest BCUT2D eigenvalue weighted by atomic mass is 10.2. The van der Waals surface area contributed by atoms with Crippen LogP contribution in [0.2, 0.25) is 0 Å². The maximum absolute atomic E-state index is 5.27. The highest BCUT2D eigenvalue weighted by Gasteiger charge is 2.03. The molecule has 0 atom stereocenters. The monoisotopic (exact) mass is 246 g/mol. The van der Waals surface area contributed by atoms with Gasteiger partial charge in [0, 0.05) is 25.5 Å². The molecule has 2 heterocycles. The molecular weight excluding hydrogens is 228 g/mol. The standard InChI is InChI=1S/C13H18N4O/c1-10-6-12(13(18-3)8-15-10)14-5-4-11-7-16-17(2)9-11/h6-9H,4-5H2,1-3H3,(H,14,15). The summed E-state index contributed by atoms with van der Waals surface area (Å²) in [5.74, 6) is 0.770. The lowest BCUT2D eigenvalue weighted by Gasteiger charge is -2.10. The topological polar surface area (TPSA) is 52.0 Å². The van der Waals surface area contributed by atoms with E-state index in [1.165, 1.54) is 5.56 Å². The Bertz CT molecular complexity index is 521. The molecule has 0 amide bonds. The first kappa shape index (κ1) is 12.4. The molecule has 0 aliphatic rings. The zero-order valence-electron chi connectivity index (χ0n) is 11.0. The Hall–Kier alpha value is -2.04. The van der Waals surface area contributed by atoms with E-state index in [2.05, 4.69) is 15.4 Å². The van der Waals surface area contributed by atoms with Crippen molar-refractivity contribution in [1.29, 1.82) is 0 Å². The van der Waals surface area contributed by atoms with Gasteiger partial charge >= 0.3 is 0 Å². The van der Waals surface area contributed by atoms with Gasteiger partial charge in [0.25, 0.3) is 0 Å². The Morgan fingerprint density at radius 3 is 2.89 bits per heavy atom. The van der Waals surface area contributed by atoms with Gasteiger partial charge in [0.2, 0.25) is 0 Å². The van der Waals surface area contributed by atoms with E-state index in [0.29, 0.717) is 0 Å². The third-order valence-electron chi connectivity index (χ3n) is 2.71. The van der Waals surface area contributed by atoms with E-state index >= 15 is 0 Å². The van der Waals surface area contributed by atoms with Crippen LogP contribution >= 0.6 is 0 Å². The van der Waals surface area contributed by atoms with Crippen LogP contribution in [0.3, 0.4) is 0 Å². The molecule has 0 fully saturated rings. The number of nitrogens with one attached hydrogen (secondary N) is 1. The number of aromatic nitrogens is 3. The van der Waals surface area contributed by atoms with Crippen LogP contribution in [0.15, 0.2) is 24.7 Å². The Morgan fingerprint density at radius 1 is 1.39 bits per heavy atom. The lowest BCUT2D eigenvalue weighted by molar-refractivity contribution is 0.414. The van der Waals surface area contributed by atoms with Crippen molar-refractivity contribution in [3.8, 4) is 5.75 Å². The highest BCUT2D eigenvalue weighted by atomic mass is 16.5. The molecular formula is C13H18N4O. The number of ether oxygens (including phenoxy) is 1. The second-order valence-corrected chi connectivity index (χ2v) is 4.22. The van der Waals surface area contributed by atoms with Crippen molar-refractivity contribution in [2.24, 2.45) is 7.05 Å². The third kappa shape index (κ3) is 3.00. The van der Waals surface area contributed by atoms with Crippen LogP contribution in [0.25, 0.3) is 0 Å². The molecule has 2 aromatic heterocycles. The first-order valence-corrected chi connectivity index (χ1v) is 5.91. The molecule has 0 saturated heterocycles. The van der Waals surface area contributed by atoms with Gasteiger partial charge in [0.05, 0.1) is 25.2 Å². The fourth-order valence-corrected chi connectivity index (χ4v) is 1.79. The number of methoxy groups -OCH3 is 1. The second kappa shape index (κ2) is 5.53. The van der Waals surface area contributed by atoms with Crippen LogP contribution in [-0.2, 0) is 13.5 Å². The van der Waals surface area contributed by atoms with E-state index in [1.807, 2.05) is 37.1 Å². The fourth-order valence-electron chi connectivity index (χ4n) is 1.79. The molecule has 0 radical (unpaired) electrons. The van der Waals surface area contributed by atoms with Crippen LogP contribution in [-0.4, -0.2) is 28.4 Å². The van der Waals surface area contributed by atoms with E-state index in [4.69, 9.17) is 4.74 Å². The van der Waals surface area contributed by atoms with Gasteiger partial charge in [-0.3, -0.25) is 9.67 Å². The van der Waals surface area contributed by atoms with Gasteiger partial charge in [-0.05, 0) is 25.0 Å². The Balaban J connectivity index is 1.95. The highest BCUT2D eigenvalue weighted by Crippen LogP contribution is 2.23. The van der Waals surface area contributed by atoms with Gasteiger partial charge in [-0.25, -0.2) is 0 Å². The maximum Gasteiger partial charge on any atom is 0.160 e. The highest BCUT2D eigenvalue weighted by molar-refractivity contribution is 5.55. The van der Waals surface area contributed by atoms with Crippen molar-refractivity contribution in [3.63, 3.8) is 0 Å². The number of hydrogen-bond donors (Lipinski definition) is 1. The molecule has 0 aliphatic heterocycles. The average Bonchev–Trinajstić information content (AvgIpc) is 2.75. The number of nitrogens with zero attached hydrogens (tertiary/aromatic N) is 3. The smallest absolute Gasteiger partial charge is 0.160 e. The Labute approximate surface area is 107 Å². The van der Waals surface area contributed by atoms with Gasteiger partial charge < -0.3 is 10.1 Å². The summed E-state index contributed by atoms with van der Waals surface area (Å²) in [6.07, 6.45) is 6.58. The van der Waals surface area contributed by atoms with E-state index in [1.54, 1.807) is 13.3 Å². The summed E-state index contributed by atoms with van der Waals surface area (Å²) in [6.45, 7) is 2.80. The summed E-state index contributed by atoms with van der Waals surface area (Å²) in [7, 11) is 3.57. The van der Waals surface area contributed by atoms with Crippen LogP contribution < -0.4 is 10.1 Å². The summed E-state index contributed by atoms with van der Waals surface area (Å²) in [5, 5.41) is 7.51. The number of rotatable bonds is 5. The molecule has 5 heteroatoms. The minimum absolute atomic E-state index is 0.770. The van der Waals surface area contributed by atoms with Crippen LogP contribution in [0, 0.1) is 6.92 Å². The maximum atomic E-state index is 5.27. The van der Waals surface area contributed by atoms with Crippen molar-refractivity contribution < 1.29 is 4.74 Å². The molecule has 18 heavy (non-hydrogen) atoms. The zero-order valence-corrected chi connectivity index (χ0v) is 11.0. The SMILES string of the molecule is COc1cnc(C)cc1NCCc1cnn(C)c1. The van der Waals surface area contributed by atoms with Gasteiger partial charge in [0.1, 0.15) is 0 Å². The van der Waals surface area contributed by atoms with Gasteiger partial charge in [-0.15, -0.1) is 0 Å². The molecule has 0 spiro atoms. The van der Waals surface area contributed by atoms with Crippen molar-refractivity contribution in [1.82, 2.24) is 14.8 Å². The molecule has 0 aliphatic carbocycles. The Morgan fingerprint density at radius 2 is 2.22 bits per heavy atom. The van der Waals surface area contributed by atoms with Crippen LogP contribution in [0.4, 0.5) is 5.69 Å². The largest absolute Gasteiger partial charge is 0.493 e. The first-order chi connectivity index (χ1) is 8.69. The van der Waals surface area contributed by atoms with Gasteiger partial charge in [-0.2, -0.15) is 5.10 Å². The molecule has 0 bridgehead atoms. The number of pyridine rings is 1. The lowest BCUT2D eigenvalue weighted by Crippen LogP contribution is -2.06. The number of anilines is 1. The van der Waals surface area contributed by atoms with Crippen molar-refractivity contribution in [2.45, 2.75) is 13.3 Å². The van der Waals surface area contributed by atoms with Crippen molar-refractivity contribution >= 4 is 5.69 Å². The second-order valence-electron chi connectivity index (χ2n) is 4.22. The quantitative estimate of drug-likeness (QED) is 0.873. The van der Waals surface area contributed by atoms with Gasteiger partial charge in [0.15, 0.2) is 5.75 Å². The molecule has 96 valence electrons.